The van der Waals surface area contributed by atoms with Gasteiger partial charge in [-0.2, -0.15) is 4.98 Å². The third kappa shape index (κ3) is 3.14. The van der Waals surface area contributed by atoms with Gasteiger partial charge in [-0.3, -0.25) is 4.39 Å². The Bertz CT molecular complexity index is 836. The second-order valence-corrected chi connectivity index (χ2v) is 5.71. The summed E-state index contributed by atoms with van der Waals surface area (Å²) in [5.41, 5.74) is 1.22. The van der Waals surface area contributed by atoms with Crippen molar-refractivity contribution in [3.8, 4) is 5.75 Å². The first-order valence-electron chi connectivity index (χ1n) is 7.28. The molecule has 0 aliphatic heterocycles. The van der Waals surface area contributed by atoms with E-state index in [9.17, 15) is 4.39 Å². The standard InChI is InChI=1S/C15H15Cl2FN4O2/c1-23-12-10(5-2-6-18)13(16)22-11(12)14(20-15(17)21-22)19-8-9-4-3-7-24-9/h3-4,7H,2,5-6,8H2,1H3,(H,19,20,21). The molecule has 24 heavy (non-hydrogen) atoms. The number of hydrogen-bond acceptors (Lipinski definition) is 5. The fraction of sp³-hybridized carbons (Fsp3) is 0.333. The second-order valence-electron chi connectivity index (χ2n) is 5.02. The van der Waals surface area contributed by atoms with Crippen molar-refractivity contribution in [1.29, 1.82) is 0 Å². The number of anilines is 1. The monoisotopic (exact) mass is 372 g/mol. The van der Waals surface area contributed by atoms with Crippen LogP contribution in [0.2, 0.25) is 10.4 Å². The first kappa shape index (κ1) is 16.9. The number of fused-ring (bicyclic) bond motifs is 1. The Morgan fingerprint density at radius 3 is 2.92 bits per heavy atom. The third-order valence-electron chi connectivity index (χ3n) is 3.52. The van der Waals surface area contributed by atoms with Crippen LogP contribution >= 0.6 is 23.2 Å². The molecule has 0 spiro atoms. The van der Waals surface area contributed by atoms with E-state index in [1.54, 1.807) is 12.3 Å². The minimum atomic E-state index is -0.443. The number of hydrogen-bond donors (Lipinski definition) is 1. The Balaban J connectivity index is 2.07. The van der Waals surface area contributed by atoms with E-state index in [1.807, 2.05) is 6.07 Å². The van der Waals surface area contributed by atoms with Crippen LogP contribution in [0.5, 0.6) is 5.75 Å². The summed E-state index contributed by atoms with van der Waals surface area (Å²) in [7, 11) is 1.52. The molecule has 3 rings (SSSR count). The SMILES string of the molecule is COc1c(CCCF)c(Cl)n2nc(Cl)nc(NCc3ccco3)c12. The maximum absolute atomic E-state index is 12.6. The van der Waals surface area contributed by atoms with Crippen molar-refractivity contribution in [2.75, 3.05) is 19.1 Å². The zero-order chi connectivity index (χ0) is 17.1. The molecule has 3 heterocycles. The molecule has 0 unspecified atom stereocenters. The molecule has 9 heteroatoms. The zero-order valence-corrected chi connectivity index (χ0v) is 14.4. The lowest BCUT2D eigenvalue weighted by Crippen LogP contribution is -2.05. The molecule has 1 N–H and O–H groups in total. The van der Waals surface area contributed by atoms with Crippen molar-refractivity contribution in [2.45, 2.75) is 19.4 Å². The number of furan rings is 1. The lowest BCUT2D eigenvalue weighted by Gasteiger charge is -2.08. The van der Waals surface area contributed by atoms with Gasteiger partial charge in [0, 0.05) is 5.56 Å². The van der Waals surface area contributed by atoms with Gasteiger partial charge in [-0.05, 0) is 36.6 Å². The summed E-state index contributed by atoms with van der Waals surface area (Å²) in [6.45, 7) is -0.0382. The van der Waals surface area contributed by atoms with E-state index in [2.05, 4.69) is 15.4 Å². The molecule has 0 fully saturated rings. The van der Waals surface area contributed by atoms with Crippen molar-refractivity contribution >= 4 is 34.5 Å². The molecule has 0 aromatic carbocycles. The van der Waals surface area contributed by atoms with Gasteiger partial charge < -0.3 is 14.5 Å². The van der Waals surface area contributed by atoms with Gasteiger partial charge in [-0.1, -0.05) is 11.6 Å². The molecule has 3 aromatic heterocycles. The lowest BCUT2D eigenvalue weighted by atomic mass is 10.2. The van der Waals surface area contributed by atoms with Crippen molar-refractivity contribution in [3.63, 3.8) is 0 Å². The summed E-state index contributed by atoms with van der Waals surface area (Å²) in [6, 6.07) is 3.63. The van der Waals surface area contributed by atoms with Crippen molar-refractivity contribution < 1.29 is 13.5 Å². The first-order valence-corrected chi connectivity index (χ1v) is 8.04. The fourth-order valence-electron chi connectivity index (χ4n) is 2.50. The Kier molecular flexibility index (Phi) is 5.11. The second kappa shape index (κ2) is 7.27. The minimum absolute atomic E-state index is 0.0287. The zero-order valence-electron chi connectivity index (χ0n) is 12.9. The van der Waals surface area contributed by atoms with E-state index in [4.69, 9.17) is 32.4 Å². The number of methoxy groups -OCH3 is 1. The van der Waals surface area contributed by atoms with E-state index in [1.165, 1.54) is 11.6 Å². The summed E-state index contributed by atoms with van der Waals surface area (Å²) in [5.74, 6) is 1.70. The van der Waals surface area contributed by atoms with Crippen LogP contribution in [0.4, 0.5) is 10.2 Å². The van der Waals surface area contributed by atoms with Crippen LogP contribution in [0.25, 0.3) is 5.52 Å². The largest absolute Gasteiger partial charge is 0.494 e. The van der Waals surface area contributed by atoms with E-state index in [0.717, 1.165) is 5.76 Å². The van der Waals surface area contributed by atoms with Gasteiger partial charge in [0.2, 0.25) is 5.28 Å². The predicted octanol–water partition coefficient (Wildman–Crippen LogP) is 4.15. The summed E-state index contributed by atoms with van der Waals surface area (Å²) >= 11 is 12.4. The van der Waals surface area contributed by atoms with Crippen molar-refractivity contribution in [2.24, 2.45) is 0 Å². The highest BCUT2D eigenvalue weighted by Crippen LogP contribution is 2.38. The first-order chi connectivity index (χ1) is 11.7. The predicted molar refractivity (Wildman–Crippen MR) is 89.9 cm³/mol. The number of halogens is 3. The topological polar surface area (TPSA) is 64.6 Å². The Labute approximate surface area is 147 Å². The molecule has 128 valence electrons. The van der Waals surface area contributed by atoms with E-state index >= 15 is 0 Å². The molecule has 0 saturated heterocycles. The molecule has 0 atom stereocenters. The number of nitrogens with zero attached hydrogens (tertiary/aromatic N) is 3. The minimum Gasteiger partial charge on any atom is -0.494 e. The van der Waals surface area contributed by atoms with Gasteiger partial charge in [-0.25, -0.2) is 4.52 Å². The quantitative estimate of drug-likeness (QED) is 0.674. The molecule has 0 radical (unpaired) electrons. The molecule has 0 amide bonds. The van der Waals surface area contributed by atoms with Crippen LogP contribution in [0.3, 0.4) is 0 Å². The van der Waals surface area contributed by atoms with Crippen LogP contribution in [0.15, 0.2) is 22.8 Å². The molecule has 0 bridgehead atoms. The average Bonchev–Trinajstić information content (AvgIpc) is 3.18. The summed E-state index contributed by atoms with van der Waals surface area (Å²) in [5, 5.41) is 7.62. The molecular formula is C15H15Cl2FN4O2. The molecular weight excluding hydrogens is 358 g/mol. The van der Waals surface area contributed by atoms with Gasteiger partial charge in [-0.15, -0.1) is 5.10 Å². The third-order valence-corrected chi connectivity index (χ3v) is 4.07. The Hall–Kier alpha value is -1.99. The van der Waals surface area contributed by atoms with Crippen LogP contribution in [0, 0.1) is 0 Å². The van der Waals surface area contributed by atoms with E-state index < -0.39 is 6.67 Å². The Morgan fingerprint density at radius 1 is 1.42 bits per heavy atom. The van der Waals surface area contributed by atoms with Gasteiger partial charge in [0.05, 0.1) is 26.6 Å². The normalized spacial score (nSPS) is 11.2. The van der Waals surface area contributed by atoms with Crippen LogP contribution in [-0.2, 0) is 13.0 Å². The molecule has 0 aliphatic rings. The smallest absolute Gasteiger partial charge is 0.243 e. The van der Waals surface area contributed by atoms with E-state index in [-0.39, 0.29) is 5.28 Å². The molecule has 6 nitrogen and oxygen atoms in total. The van der Waals surface area contributed by atoms with Crippen LogP contribution in [-0.4, -0.2) is 28.4 Å². The number of aromatic nitrogens is 3. The van der Waals surface area contributed by atoms with Gasteiger partial charge in [0.25, 0.3) is 0 Å². The maximum atomic E-state index is 12.6. The van der Waals surface area contributed by atoms with Crippen molar-refractivity contribution in [1.82, 2.24) is 14.6 Å². The lowest BCUT2D eigenvalue weighted by molar-refractivity contribution is 0.412. The molecule has 0 aliphatic carbocycles. The number of nitrogens with one attached hydrogen (secondary N) is 1. The van der Waals surface area contributed by atoms with Crippen molar-refractivity contribution in [3.05, 3.63) is 40.2 Å². The Morgan fingerprint density at radius 2 is 2.25 bits per heavy atom. The highest BCUT2D eigenvalue weighted by molar-refractivity contribution is 6.31. The maximum Gasteiger partial charge on any atom is 0.243 e. The highest BCUT2D eigenvalue weighted by atomic mass is 35.5. The molecule has 0 saturated carbocycles. The average molecular weight is 373 g/mol. The van der Waals surface area contributed by atoms with Gasteiger partial charge >= 0.3 is 0 Å². The fourth-order valence-corrected chi connectivity index (χ4v) is 2.96. The summed E-state index contributed by atoms with van der Waals surface area (Å²) < 4.78 is 24.8. The number of rotatable bonds is 7. The van der Waals surface area contributed by atoms with E-state index in [0.29, 0.717) is 47.2 Å². The van der Waals surface area contributed by atoms with Crippen LogP contribution < -0.4 is 10.1 Å². The van der Waals surface area contributed by atoms with Crippen LogP contribution in [0.1, 0.15) is 17.7 Å². The highest BCUT2D eigenvalue weighted by Gasteiger charge is 2.23. The van der Waals surface area contributed by atoms with Gasteiger partial charge in [0.1, 0.15) is 10.9 Å². The summed E-state index contributed by atoms with van der Waals surface area (Å²) in [4.78, 5) is 4.21. The van der Waals surface area contributed by atoms with Gasteiger partial charge in [0.15, 0.2) is 17.1 Å². The number of ether oxygens (including phenoxy) is 1. The molecule has 3 aromatic rings. The summed E-state index contributed by atoms with van der Waals surface area (Å²) in [6.07, 6.45) is 2.35. The number of alkyl halides is 1.